The van der Waals surface area contributed by atoms with Gasteiger partial charge in [0.25, 0.3) is 0 Å². The summed E-state index contributed by atoms with van der Waals surface area (Å²) in [5.41, 5.74) is 0. The quantitative estimate of drug-likeness (QED) is 0.660. The largest absolute Gasteiger partial charge is 0.300 e. The smallest absolute Gasteiger partial charge is 0.239 e. The third-order valence-corrected chi connectivity index (χ3v) is 6.27. The monoisotopic (exact) mass is 334 g/mol. The number of thioether (sulfide) groups is 3. The zero-order chi connectivity index (χ0) is 13.7. The lowest BCUT2D eigenvalue weighted by molar-refractivity contribution is -0.115. The van der Waals surface area contributed by atoms with E-state index in [1.807, 2.05) is 6.92 Å². The lowest BCUT2D eigenvalue weighted by Crippen LogP contribution is -2.23. The second-order valence-electron chi connectivity index (χ2n) is 3.55. The Morgan fingerprint density at radius 2 is 2.37 bits per heavy atom. The average Bonchev–Trinajstić information content (AvgIpc) is 3.02. The van der Waals surface area contributed by atoms with Crippen molar-refractivity contribution in [3.8, 4) is 0 Å². The van der Waals surface area contributed by atoms with Crippen molar-refractivity contribution in [1.29, 1.82) is 0 Å². The molecule has 1 aliphatic rings. The molecule has 2 rings (SSSR count). The minimum atomic E-state index is -0.171. The minimum absolute atomic E-state index is 0.0515. The highest BCUT2D eigenvalue weighted by Gasteiger charge is 2.20. The highest BCUT2D eigenvalue weighted by molar-refractivity contribution is 8.39. The first-order valence-corrected chi connectivity index (χ1v) is 9.47. The summed E-state index contributed by atoms with van der Waals surface area (Å²) in [6, 6.07) is 0. The van der Waals surface area contributed by atoms with Crippen molar-refractivity contribution in [1.82, 2.24) is 10.2 Å². The van der Waals surface area contributed by atoms with Crippen LogP contribution in [0.5, 0.6) is 0 Å². The molecule has 0 saturated heterocycles. The van der Waals surface area contributed by atoms with Crippen LogP contribution >= 0.6 is 46.6 Å². The Bertz CT molecular complexity index is 476. The van der Waals surface area contributed by atoms with Crippen LogP contribution in [-0.2, 0) is 4.79 Å². The fraction of sp³-hybridized carbons (Fsp3) is 0.600. The summed E-state index contributed by atoms with van der Waals surface area (Å²) in [7, 11) is 0. The first kappa shape index (κ1) is 15.1. The van der Waals surface area contributed by atoms with Crippen LogP contribution in [0.2, 0.25) is 0 Å². The molecule has 0 fully saturated rings. The number of nitrogens with one attached hydrogen (secondary N) is 1. The van der Waals surface area contributed by atoms with Gasteiger partial charge >= 0.3 is 0 Å². The Labute approximate surface area is 128 Å². The van der Waals surface area contributed by atoms with E-state index in [9.17, 15) is 4.79 Å². The SMILES string of the molecule is CCSc1nnc(NC(=O)[C@H](C)SC2=NCCS2)s1. The number of carbonyl (C=O) groups excluding carboxylic acids is 1. The molecule has 5 nitrogen and oxygen atoms in total. The van der Waals surface area contributed by atoms with Gasteiger partial charge in [-0.3, -0.25) is 15.1 Å². The number of nitrogens with zero attached hydrogens (tertiary/aromatic N) is 3. The molecule has 1 aliphatic heterocycles. The molecule has 2 heterocycles. The third kappa shape index (κ3) is 4.66. The summed E-state index contributed by atoms with van der Waals surface area (Å²) in [6.07, 6.45) is 0. The molecule has 1 aromatic heterocycles. The predicted octanol–water partition coefficient (Wildman–Crippen LogP) is 2.81. The zero-order valence-corrected chi connectivity index (χ0v) is 13.8. The van der Waals surface area contributed by atoms with E-state index in [1.54, 1.807) is 23.5 Å². The topological polar surface area (TPSA) is 67.2 Å². The summed E-state index contributed by atoms with van der Waals surface area (Å²) in [4.78, 5) is 16.3. The summed E-state index contributed by atoms with van der Waals surface area (Å²) in [5.74, 6) is 1.92. The van der Waals surface area contributed by atoms with E-state index in [0.717, 1.165) is 26.8 Å². The van der Waals surface area contributed by atoms with Crippen LogP contribution in [-0.4, -0.2) is 43.8 Å². The van der Waals surface area contributed by atoms with Gasteiger partial charge in [-0.15, -0.1) is 10.2 Å². The van der Waals surface area contributed by atoms with Crippen molar-refractivity contribution in [3.05, 3.63) is 0 Å². The molecule has 19 heavy (non-hydrogen) atoms. The van der Waals surface area contributed by atoms with Crippen molar-refractivity contribution in [2.24, 2.45) is 4.99 Å². The van der Waals surface area contributed by atoms with Gasteiger partial charge in [0.1, 0.15) is 4.38 Å². The van der Waals surface area contributed by atoms with E-state index in [0.29, 0.717) is 5.13 Å². The van der Waals surface area contributed by atoms with Gasteiger partial charge in [-0.25, -0.2) is 0 Å². The molecule has 0 aliphatic carbocycles. The maximum absolute atomic E-state index is 12.0. The number of carbonyl (C=O) groups is 1. The fourth-order valence-corrected chi connectivity index (χ4v) is 5.02. The number of anilines is 1. The Hall–Kier alpha value is -0.250. The van der Waals surface area contributed by atoms with Crippen LogP contribution in [0, 0.1) is 0 Å². The first-order valence-electron chi connectivity index (χ1n) is 5.80. The molecule has 0 saturated carbocycles. The lowest BCUT2D eigenvalue weighted by Gasteiger charge is -2.08. The average molecular weight is 335 g/mol. The molecular formula is C10H14N4OS4. The number of rotatable bonds is 5. The molecule has 1 atom stereocenters. The molecule has 1 aromatic rings. The second kappa shape index (κ2) is 7.51. The van der Waals surface area contributed by atoms with E-state index >= 15 is 0 Å². The Balaban J connectivity index is 1.84. The van der Waals surface area contributed by atoms with Gasteiger partial charge in [0, 0.05) is 5.75 Å². The molecular weight excluding hydrogens is 320 g/mol. The predicted molar refractivity (Wildman–Crippen MR) is 86.7 cm³/mol. The maximum atomic E-state index is 12.0. The van der Waals surface area contributed by atoms with Crippen molar-refractivity contribution in [2.45, 2.75) is 23.4 Å². The van der Waals surface area contributed by atoms with Crippen LogP contribution in [0.3, 0.4) is 0 Å². The van der Waals surface area contributed by atoms with E-state index < -0.39 is 0 Å². The third-order valence-electron chi connectivity index (χ3n) is 2.11. The Kier molecular flexibility index (Phi) is 5.99. The molecule has 0 spiro atoms. The van der Waals surface area contributed by atoms with Crippen molar-refractivity contribution in [2.75, 3.05) is 23.4 Å². The van der Waals surface area contributed by atoms with Gasteiger partial charge in [-0.05, 0) is 12.7 Å². The van der Waals surface area contributed by atoms with Crippen LogP contribution in [0.15, 0.2) is 9.33 Å². The zero-order valence-electron chi connectivity index (χ0n) is 10.6. The summed E-state index contributed by atoms with van der Waals surface area (Å²) in [5, 5.41) is 11.2. The van der Waals surface area contributed by atoms with Crippen molar-refractivity contribution >= 4 is 62.0 Å². The molecule has 0 unspecified atom stereocenters. The maximum Gasteiger partial charge on any atom is 0.239 e. The fourth-order valence-electron chi connectivity index (χ4n) is 1.24. The van der Waals surface area contributed by atoms with Crippen LogP contribution in [0.25, 0.3) is 0 Å². The first-order chi connectivity index (χ1) is 9.19. The van der Waals surface area contributed by atoms with Gasteiger partial charge in [-0.1, -0.05) is 53.5 Å². The lowest BCUT2D eigenvalue weighted by atomic mass is 10.4. The van der Waals surface area contributed by atoms with Crippen molar-refractivity contribution in [3.63, 3.8) is 0 Å². The normalized spacial score (nSPS) is 16.2. The van der Waals surface area contributed by atoms with Gasteiger partial charge < -0.3 is 0 Å². The highest BCUT2D eigenvalue weighted by atomic mass is 32.2. The number of aliphatic imine (C=N–C) groups is 1. The van der Waals surface area contributed by atoms with Crippen LogP contribution in [0.4, 0.5) is 5.13 Å². The molecule has 0 aromatic carbocycles. The van der Waals surface area contributed by atoms with E-state index in [2.05, 4.69) is 27.4 Å². The van der Waals surface area contributed by atoms with Crippen molar-refractivity contribution < 1.29 is 4.79 Å². The van der Waals surface area contributed by atoms with E-state index in [-0.39, 0.29) is 11.2 Å². The van der Waals surface area contributed by atoms with Crippen LogP contribution < -0.4 is 5.32 Å². The van der Waals surface area contributed by atoms with Gasteiger partial charge in [0.05, 0.1) is 11.8 Å². The van der Waals surface area contributed by atoms with E-state index in [1.165, 1.54) is 23.1 Å². The molecule has 0 radical (unpaired) electrons. The summed E-state index contributed by atoms with van der Waals surface area (Å²) >= 11 is 6.25. The van der Waals surface area contributed by atoms with Crippen LogP contribution in [0.1, 0.15) is 13.8 Å². The molecule has 1 N–H and O–H groups in total. The highest BCUT2D eigenvalue weighted by Crippen LogP contribution is 2.28. The summed E-state index contributed by atoms with van der Waals surface area (Å²) < 4.78 is 1.89. The summed E-state index contributed by atoms with van der Waals surface area (Å²) in [6.45, 7) is 4.79. The number of hydrogen-bond donors (Lipinski definition) is 1. The Morgan fingerprint density at radius 3 is 3.05 bits per heavy atom. The Morgan fingerprint density at radius 1 is 1.53 bits per heavy atom. The number of amides is 1. The van der Waals surface area contributed by atoms with Gasteiger partial charge in [-0.2, -0.15) is 0 Å². The minimum Gasteiger partial charge on any atom is -0.300 e. The second-order valence-corrected chi connectivity index (χ2v) is 8.71. The standard InChI is InChI=1S/C10H14N4OS4/c1-3-16-10-14-13-8(19-10)12-7(15)6(2)18-9-11-4-5-17-9/h6H,3-5H2,1-2H3,(H,12,13,15)/t6-/m0/s1. The number of aromatic nitrogens is 2. The molecule has 0 bridgehead atoms. The van der Waals surface area contributed by atoms with Gasteiger partial charge in [0.2, 0.25) is 11.0 Å². The molecule has 104 valence electrons. The van der Waals surface area contributed by atoms with Gasteiger partial charge in [0.15, 0.2) is 4.34 Å². The van der Waals surface area contributed by atoms with E-state index in [4.69, 9.17) is 0 Å². The molecule has 1 amide bonds. The number of hydrogen-bond acceptors (Lipinski definition) is 8. The molecule has 9 heteroatoms.